The number of esters is 1. The molecule has 0 heterocycles. The average Bonchev–Trinajstić information content (AvgIpc) is 1.81. The molecule has 0 saturated heterocycles. The van der Waals surface area contributed by atoms with Crippen LogP contribution in [-0.2, 0) is 9.53 Å². The van der Waals surface area contributed by atoms with E-state index in [9.17, 15) is 9.59 Å². The summed E-state index contributed by atoms with van der Waals surface area (Å²) in [4.78, 5) is 21.3. The monoisotopic (exact) mass is 189 g/mol. The van der Waals surface area contributed by atoms with E-state index >= 15 is 0 Å². The molecule has 0 aliphatic rings. The van der Waals surface area contributed by atoms with Gasteiger partial charge in [-0.25, -0.2) is 9.59 Å². The first kappa shape index (κ1) is 11.7. The highest BCUT2D eigenvalue weighted by molar-refractivity contribution is 5.80. The minimum absolute atomic E-state index is 0.574. The van der Waals surface area contributed by atoms with Crippen LogP contribution in [0.1, 0.15) is 27.7 Å². The van der Waals surface area contributed by atoms with Crippen molar-refractivity contribution in [3.8, 4) is 0 Å². The van der Waals surface area contributed by atoms with E-state index in [0.29, 0.717) is 0 Å². The quantitative estimate of drug-likeness (QED) is 0.635. The van der Waals surface area contributed by atoms with E-state index in [1.165, 1.54) is 6.92 Å². The average molecular weight is 189 g/mol. The lowest BCUT2D eigenvalue weighted by Gasteiger charge is -2.21. The van der Waals surface area contributed by atoms with Crippen LogP contribution >= 0.6 is 0 Å². The molecule has 0 bridgehead atoms. The zero-order valence-corrected chi connectivity index (χ0v) is 8.25. The number of nitrogens with one attached hydrogen (secondary N) is 1. The first-order chi connectivity index (χ1) is 5.72. The first-order valence-corrected chi connectivity index (χ1v) is 3.94. The summed E-state index contributed by atoms with van der Waals surface area (Å²) in [5.41, 5.74) is -0.592. The largest absolute Gasteiger partial charge is 0.465 e. The fourth-order valence-corrected chi connectivity index (χ4v) is 0.634. The molecule has 0 unspecified atom stereocenters. The predicted molar refractivity (Wildman–Crippen MR) is 46.5 cm³/mol. The molecule has 0 spiro atoms. The van der Waals surface area contributed by atoms with Gasteiger partial charge in [0.05, 0.1) is 0 Å². The second-order valence-electron chi connectivity index (χ2n) is 3.70. The van der Waals surface area contributed by atoms with Crippen molar-refractivity contribution < 1.29 is 19.4 Å². The van der Waals surface area contributed by atoms with Gasteiger partial charge in [0, 0.05) is 0 Å². The Balaban J connectivity index is 4.05. The van der Waals surface area contributed by atoms with Crippen LogP contribution in [0.5, 0.6) is 0 Å². The van der Waals surface area contributed by atoms with Gasteiger partial charge in [-0.3, -0.25) is 0 Å². The standard InChI is InChI=1S/C8H15NO4/c1-5(9-7(11)12)6(10)13-8(2,3)4/h5,9H,1-4H3,(H,11,12)/t5-/m1/s1. The number of carboxylic acid groups (broad SMARTS) is 1. The van der Waals surface area contributed by atoms with Crippen LogP contribution in [0.25, 0.3) is 0 Å². The molecule has 0 aromatic carbocycles. The molecular weight excluding hydrogens is 174 g/mol. The molecule has 5 nitrogen and oxygen atoms in total. The topological polar surface area (TPSA) is 75.6 Å². The third kappa shape index (κ3) is 5.95. The first-order valence-electron chi connectivity index (χ1n) is 3.94. The number of hydrogen-bond acceptors (Lipinski definition) is 3. The Morgan fingerprint density at radius 1 is 1.38 bits per heavy atom. The lowest BCUT2D eigenvalue weighted by atomic mass is 10.2. The molecule has 0 saturated carbocycles. The predicted octanol–water partition coefficient (Wildman–Crippen LogP) is 0.984. The van der Waals surface area contributed by atoms with Crippen molar-refractivity contribution >= 4 is 12.1 Å². The summed E-state index contributed by atoms with van der Waals surface area (Å²) < 4.78 is 4.94. The molecule has 76 valence electrons. The van der Waals surface area contributed by atoms with E-state index in [4.69, 9.17) is 9.84 Å². The number of carbonyl (C=O) groups excluding carboxylic acids is 1. The number of amides is 1. The highest BCUT2D eigenvalue weighted by Crippen LogP contribution is 2.07. The Kier molecular flexibility index (Phi) is 3.71. The van der Waals surface area contributed by atoms with Crippen LogP contribution in [0.4, 0.5) is 4.79 Å². The molecule has 0 aliphatic heterocycles. The van der Waals surface area contributed by atoms with Crippen LogP contribution in [0.15, 0.2) is 0 Å². The third-order valence-electron chi connectivity index (χ3n) is 1.10. The Labute approximate surface area is 77.1 Å². The van der Waals surface area contributed by atoms with Crippen molar-refractivity contribution in [3.05, 3.63) is 0 Å². The van der Waals surface area contributed by atoms with Gasteiger partial charge in [0.15, 0.2) is 0 Å². The molecule has 2 N–H and O–H groups in total. The van der Waals surface area contributed by atoms with E-state index in [1.54, 1.807) is 20.8 Å². The van der Waals surface area contributed by atoms with Gasteiger partial charge < -0.3 is 15.2 Å². The Morgan fingerprint density at radius 3 is 2.15 bits per heavy atom. The summed E-state index contributed by atoms with van der Waals surface area (Å²) in [6.07, 6.45) is -1.24. The second kappa shape index (κ2) is 4.11. The fourth-order valence-electron chi connectivity index (χ4n) is 0.634. The molecule has 0 radical (unpaired) electrons. The van der Waals surface area contributed by atoms with E-state index in [1.807, 2.05) is 5.32 Å². The summed E-state index contributed by atoms with van der Waals surface area (Å²) in [6.45, 7) is 6.59. The Bertz CT molecular complexity index is 207. The maximum atomic E-state index is 11.1. The number of carbonyl (C=O) groups is 2. The normalized spacial score (nSPS) is 13.2. The number of hydrogen-bond donors (Lipinski definition) is 2. The van der Waals surface area contributed by atoms with Gasteiger partial charge in [0.25, 0.3) is 0 Å². The van der Waals surface area contributed by atoms with E-state index in [0.717, 1.165) is 0 Å². The maximum Gasteiger partial charge on any atom is 0.405 e. The zero-order valence-electron chi connectivity index (χ0n) is 8.25. The molecule has 1 atom stereocenters. The van der Waals surface area contributed by atoms with Gasteiger partial charge in [0.1, 0.15) is 11.6 Å². The summed E-state index contributed by atoms with van der Waals surface area (Å²) in [5.74, 6) is -0.574. The molecular formula is C8H15NO4. The van der Waals surface area contributed by atoms with Gasteiger partial charge in [0.2, 0.25) is 0 Å². The van der Waals surface area contributed by atoms with Gasteiger partial charge in [-0.15, -0.1) is 0 Å². The van der Waals surface area contributed by atoms with Crippen molar-refractivity contribution in [2.75, 3.05) is 0 Å². The molecule has 0 aromatic heterocycles. The van der Waals surface area contributed by atoms with Crippen molar-refractivity contribution in [1.82, 2.24) is 5.32 Å². The third-order valence-corrected chi connectivity index (χ3v) is 1.10. The summed E-state index contributed by atoms with van der Waals surface area (Å²) in [7, 11) is 0. The lowest BCUT2D eigenvalue weighted by Crippen LogP contribution is -2.41. The van der Waals surface area contributed by atoms with Gasteiger partial charge in [-0.2, -0.15) is 0 Å². The lowest BCUT2D eigenvalue weighted by molar-refractivity contribution is -0.156. The zero-order chi connectivity index (χ0) is 10.6. The molecule has 13 heavy (non-hydrogen) atoms. The molecule has 0 aliphatic carbocycles. The highest BCUT2D eigenvalue weighted by atomic mass is 16.6. The summed E-state index contributed by atoms with van der Waals surface area (Å²) in [5, 5.41) is 10.3. The molecule has 0 rings (SSSR count). The SMILES string of the molecule is C[C@@H](NC(=O)O)C(=O)OC(C)(C)C. The summed E-state index contributed by atoms with van der Waals surface area (Å²) >= 11 is 0. The van der Waals surface area contributed by atoms with E-state index in [-0.39, 0.29) is 0 Å². The fraction of sp³-hybridized carbons (Fsp3) is 0.750. The van der Waals surface area contributed by atoms with Gasteiger partial charge in [-0.1, -0.05) is 0 Å². The molecule has 1 amide bonds. The van der Waals surface area contributed by atoms with Gasteiger partial charge in [-0.05, 0) is 27.7 Å². The minimum atomic E-state index is -1.24. The smallest absolute Gasteiger partial charge is 0.405 e. The number of ether oxygens (including phenoxy) is 1. The van der Waals surface area contributed by atoms with Crippen molar-refractivity contribution in [2.24, 2.45) is 0 Å². The van der Waals surface area contributed by atoms with Crippen molar-refractivity contribution in [2.45, 2.75) is 39.3 Å². The van der Waals surface area contributed by atoms with Crippen LogP contribution in [0.3, 0.4) is 0 Å². The highest BCUT2D eigenvalue weighted by Gasteiger charge is 2.22. The number of rotatable bonds is 2. The Hall–Kier alpha value is -1.26. The van der Waals surface area contributed by atoms with E-state index in [2.05, 4.69) is 0 Å². The van der Waals surface area contributed by atoms with Crippen molar-refractivity contribution in [3.63, 3.8) is 0 Å². The van der Waals surface area contributed by atoms with Crippen molar-refractivity contribution in [1.29, 1.82) is 0 Å². The Morgan fingerprint density at radius 2 is 1.85 bits per heavy atom. The van der Waals surface area contributed by atoms with Crippen LogP contribution in [0.2, 0.25) is 0 Å². The van der Waals surface area contributed by atoms with Crippen LogP contribution < -0.4 is 5.32 Å². The van der Waals surface area contributed by atoms with Crippen LogP contribution in [0, 0.1) is 0 Å². The molecule has 0 fully saturated rings. The maximum absolute atomic E-state index is 11.1. The molecule has 0 aromatic rings. The van der Waals surface area contributed by atoms with Crippen LogP contribution in [-0.4, -0.2) is 28.8 Å². The summed E-state index contributed by atoms with van der Waals surface area (Å²) in [6, 6.07) is -0.836. The van der Waals surface area contributed by atoms with E-state index < -0.39 is 23.7 Å². The second-order valence-corrected chi connectivity index (χ2v) is 3.70. The van der Waals surface area contributed by atoms with Gasteiger partial charge >= 0.3 is 12.1 Å². The minimum Gasteiger partial charge on any atom is -0.465 e. The molecule has 5 heteroatoms.